The summed E-state index contributed by atoms with van der Waals surface area (Å²) < 4.78 is 18.0. The van der Waals surface area contributed by atoms with Gasteiger partial charge >= 0.3 is 0 Å². The van der Waals surface area contributed by atoms with Gasteiger partial charge in [-0.05, 0) is 30.7 Å². The summed E-state index contributed by atoms with van der Waals surface area (Å²) in [6, 6.07) is 7.53. The van der Waals surface area contributed by atoms with Gasteiger partial charge in [0.25, 0.3) is 0 Å². The van der Waals surface area contributed by atoms with Gasteiger partial charge in [0, 0.05) is 12.1 Å². The number of halogens is 1. The highest BCUT2D eigenvalue weighted by Crippen LogP contribution is 2.25. The monoisotopic (exact) mass is 219 g/mol. The summed E-state index contributed by atoms with van der Waals surface area (Å²) in [4.78, 5) is 3.75. The second-order valence-electron chi connectivity index (χ2n) is 3.42. The summed E-state index contributed by atoms with van der Waals surface area (Å²) >= 11 is 0. The van der Waals surface area contributed by atoms with Crippen LogP contribution in [0.1, 0.15) is 5.56 Å². The number of aromatic nitrogens is 1. The summed E-state index contributed by atoms with van der Waals surface area (Å²) in [6.07, 6.45) is 1.07. The maximum Gasteiger partial charge on any atom is 0.219 e. The van der Waals surface area contributed by atoms with Gasteiger partial charge in [0.05, 0.1) is 6.20 Å². The quantitative estimate of drug-likeness (QED) is 0.844. The van der Waals surface area contributed by atoms with Crippen molar-refractivity contribution in [3.05, 3.63) is 47.9 Å². The standard InChI is InChI=1S/C12H10FNO2/c1-8-4-10(15)6-11(5-8)16-12-3-2-9(13)7-14-12/h2-7,15H,1H3. The summed E-state index contributed by atoms with van der Waals surface area (Å²) in [7, 11) is 0. The molecule has 2 aromatic rings. The van der Waals surface area contributed by atoms with Crippen LogP contribution in [0, 0.1) is 12.7 Å². The molecule has 0 amide bonds. The minimum Gasteiger partial charge on any atom is -0.508 e. The van der Waals surface area contributed by atoms with Crippen molar-refractivity contribution in [1.82, 2.24) is 4.98 Å². The van der Waals surface area contributed by atoms with Crippen molar-refractivity contribution in [3.8, 4) is 17.4 Å². The third-order valence-electron chi connectivity index (χ3n) is 1.96. The van der Waals surface area contributed by atoms with Gasteiger partial charge in [-0.25, -0.2) is 9.37 Å². The lowest BCUT2D eigenvalue weighted by Crippen LogP contribution is -1.88. The van der Waals surface area contributed by atoms with Crippen LogP contribution in [0.5, 0.6) is 17.4 Å². The Balaban J connectivity index is 2.23. The van der Waals surface area contributed by atoms with E-state index in [1.165, 1.54) is 18.2 Å². The van der Waals surface area contributed by atoms with Crippen LogP contribution >= 0.6 is 0 Å². The molecule has 4 heteroatoms. The zero-order valence-corrected chi connectivity index (χ0v) is 8.64. The minimum atomic E-state index is -0.417. The Bertz CT molecular complexity index is 477. The average Bonchev–Trinajstić information content (AvgIpc) is 2.20. The number of phenolic OH excluding ortho intramolecular Hbond substituents is 1. The van der Waals surface area contributed by atoms with Crippen molar-refractivity contribution in [2.45, 2.75) is 6.92 Å². The van der Waals surface area contributed by atoms with Crippen molar-refractivity contribution < 1.29 is 14.2 Å². The lowest BCUT2D eigenvalue weighted by molar-refractivity contribution is 0.443. The molecule has 0 aliphatic carbocycles. The molecular weight excluding hydrogens is 209 g/mol. The van der Waals surface area contributed by atoms with E-state index < -0.39 is 5.82 Å². The highest BCUT2D eigenvalue weighted by Gasteiger charge is 2.01. The molecule has 0 radical (unpaired) electrons. The molecule has 1 N–H and O–H groups in total. The number of rotatable bonds is 2. The first-order valence-corrected chi connectivity index (χ1v) is 4.73. The van der Waals surface area contributed by atoms with E-state index in [0.717, 1.165) is 11.8 Å². The predicted octanol–water partition coefficient (Wildman–Crippen LogP) is 3.03. The molecule has 82 valence electrons. The molecule has 0 fully saturated rings. The molecule has 0 aliphatic heterocycles. The number of benzene rings is 1. The van der Waals surface area contributed by atoms with Crippen LogP contribution in [0.3, 0.4) is 0 Å². The van der Waals surface area contributed by atoms with Gasteiger partial charge in [0.2, 0.25) is 5.88 Å². The molecule has 2 rings (SSSR count). The van der Waals surface area contributed by atoms with E-state index in [-0.39, 0.29) is 11.6 Å². The fourth-order valence-corrected chi connectivity index (χ4v) is 1.33. The second-order valence-corrected chi connectivity index (χ2v) is 3.42. The lowest BCUT2D eigenvalue weighted by atomic mass is 10.2. The van der Waals surface area contributed by atoms with Crippen LogP contribution < -0.4 is 4.74 Å². The number of aryl methyl sites for hydroxylation is 1. The van der Waals surface area contributed by atoms with E-state index >= 15 is 0 Å². The zero-order valence-electron chi connectivity index (χ0n) is 8.64. The topological polar surface area (TPSA) is 42.4 Å². The zero-order chi connectivity index (χ0) is 11.5. The fourth-order valence-electron chi connectivity index (χ4n) is 1.33. The van der Waals surface area contributed by atoms with Gasteiger partial charge < -0.3 is 9.84 Å². The van der Waals surface area contributed by atoms with E-state index in [9.17, 15) is 9.50 Å². The Labute approximate surface area is 92.1 Å². The number of nitrogens with zero attached hydrogens (tertiary/aromatic N) is 1. The molecule has 0 atom stereocenters. The minimum absolute atomic E-state index is 0.122. The van der Waals surface area contributed by atoms with Gasteiger partial charge in [0.1, 0.15) is 17.3 Å². The van der Waals surface area contributed by atoms with Crippen LogP contribution in [-0.4, -0.2) is 10.1 Å². The maximum absolute atomic E-state index is 12.6. The number of hydrogen-bond donors (Lipinski definition) is 1. The van der Waals surface area contributed by atoms with Gasteiger partial charge in [-0.1, -0.05) is 0 Å². The van der Waals surface area contributed by atoms with Crippen LogP contribution in [0.2, 0.25) is 0 Å². The third kappa shape index (κ3) is 2.48. The highest BCUT2D eigenvalue weighted by molar-refractivity contribution is 5.38. The van der Waals surface area contributed by atoms with Crippen molar-refractivity contribution in [2.24, 2.45) is 0 Å². The molecule has 1 aromatic heterocycles. The van der Waals surface area contributed by atoms with E-state index in [2.05, 4.69) is 4.98 Å². The SMILES string of the molecule is Cc1cc(O)cc(Oc2ccc(F)cn2)c1. The summed E-state index contributed by atoms with van der Waals surface area (Å²) in [5.74, 6) is 0.458. The molecule has 0 bridgehead atoms. The van der Waals surface area contributed by atoms with Gasteiger partial charge in [-0.2, -0.15) is 0 Å². The highest BCUT2D eigenvalue weighted by atomic mass is 19.1. The van der Waals surface area contributed by atoms with Gasteiger partial charge in [-0.3, -0.25) is 0 Å². The van der Waals surface area contributed by atoms with Crippen molar-refractivity contribution in [3.63, 3.8) is 0 Å². The van der Waals surface area contributed by atoms with Gasteiger partial charge in [0.15, 0.2) is 0 Å². The molecule has 0 aliphatic rings. The van der Waals surface area contributed by atoms with E-state index in [1.807, 2.05) is 6.92 Å². The normalized spacial score (nSPS) is 10.1. The fraction of sp³-hybridized carbons (Fsp3) is 0.0833. The Morgan fingerprint density at radius 1 is 1.25 bits per heavy atom. The van der Waals surface area contributed by atoms with Crippen molar-refractivity contribution in [1.29, 1.82) is 0 Å². The Morgan fingerprint density at radius 2 is 2.06 bits per heavy atom. The van der Waals surface area contributed by atoms with Crippen LogP contribution in [-0.2, 0) is 0 Å². The molecular formula is C12H10FNO2. The Morgan fingerprint density at radius 3 is 2.69 bits per heavy atom. The maximum atomic E-state index is 12.6. The van der Waals surface area contributed by atoms with E-state index in [0.29, 0.717) is 5.75 Å². The lowest BCUT2D eigenvalue weighted by Gasteiger charge is -2.05. The number of phenols is 1. The third-order valence-corrected chi connectivity index (χ3v) is 1.96. The molecule has 0 saturated carbocycles. The van der Waals surface area contributed by atoms with Crippen molar-refractivity contribution in [2.75, 3.05) is 0 Å². The first-order valence-electron chi connectivity index (χ1n) is 4.73. The molecule has 3 nitrogen and oxygen atoms in total. The molecule has 0 saturated heterocycles. The largest absolute Gasteiger partial charge is 0.508 e. The number of pyridine rings is 1. The molecule has 0 unspecified atom stereocenters. The summed E-state index contributed by atoms with van der Waals surface area (Å²) in [6.45, 7) is 1.84. The smallest absolute Gasteiger partial charge is 0.219 e. The molecule has 16 heavy (non-hydrogen) atoms. The summed E-state index contributed by atoms with van der Waals surface area (Å²) in [5.41, 5.74) is 0.872. The van der Waals surface area contributed by atoms with Crippen LogP contribution in [0.15, 0.2) is 36.5 Å². The van der Waals surface area contributed by atoms with Crippen LogP contribution in [0.4, 0.5) is 4.39 Å². The predicted molar refractivity (Wildman–Crippen MR) is 57.1 cm³/mol. The Hall–Kier alpha value is -2.10. The molecule has 1 aromatic carbocycles. The Kier molecular flexibility index (Phi) is 2.72. The average molecular weight is 219 g/mol. The molecule has 0 spiro atoms. The first kappa shape index (κ1) is 10.4. The first-order chi connectivity index (χ1) is 7.63. The number of hydrogen-bond acceptors (Lipinski definition) is 3. The van der Waals surface area contributed by atoms with Gasteiger partial charge in [-0.15, -0.1) is 0 Å². The van der Waals surface area contributed by atoms with Crippen molar-refractivity contribution >= 4 is 0 Å². The van der Waals surface area contributed by atoms with E-state index in [1.54, 1.807) is 12.1 Å². The number of aromatic hydroxyl groups is 1. The summed E-state index contributed by atoms with van der Waals surface area (Å²) in [5, 5.41) is 9.36. The van der Waals surface area contributed by atoms with E-state index in [4.69, 9.17) is 4.74 Å². The second kappa shape index (κ2) is 4.18. The molecule has 1 heterocycles. The number of ether oxygens (including phenoxy) is 1. The van der Waals surface area contributed by atoms with Crippen LogP contribution in [0.25, 0.3) is 0 Å².